The Bertz CT molecular complexity index is 808. The molecule has 2 N–H and O–H groups in total. The van der Waals surface area contributed by atoms with Gasteiger partial charge in [0.2, 0.25) is 0 Å². The standard InChI is InChI=1S/2C12H16O2/c1-12(2,3)11-5-4-9(7-13)6-10(11)8-14;1-12(2,3)11-6-9(7-13)4-5-10(11)8-14/h2*4-7,14H,8H2,1-3H3. The quantitative estimate of drug-likeness (QED) is 0.757. The van der Waals surface area contributed by atoms with Gasteiger partial charge in [-0.05, 0) is 45.2 Å². The van der Waals surface area contributed by atoms with Crippen LogP contribution in [0.25, 0.3) is 0 Å². The Labute approximate surface area is 168 Å². The van der Waals surface area contributed by atoms with Crippen molar-refractivity contribution >= 4 is 12.6 Å². The van der Waals surface area contributed by atoms with Crippen LogP contribution in [-0.4, -0.2) is 22.8 Å². The van der Waals surface area contributed by atoms with Crippen LogP contribution in [0.1, 0.15) is 84.5 Å². The van der Waals surface area contributed by atoms with E-state index in [0.29, 0.717) is 11.1 Å². The van der Waals surface area contributed by atoms with E-state index in [1.807, 2.05) is 18.2 Å². The highest BCUT2D eigenvalue weighted by Gasteiger charge is 2.18. The Hall–Kier alpha value is -2.30. The summed E-state index contributed by atoms with van der Waals surface area (Å²) in [7, 11) is 0. The smallest absolute Gasteiger partial charge is 0.150 e. The van der Waals surface area contributed by atoms with Gasteiger partial charge in [0.05, 0.1) is 13.2 Å². The number of hydrogen-bond acceptors (Lipinski definition) is 4. The highest BCUT2D eigenvalue weighted by Crippen LogP contribution is 2.27. The van der Waals surface area contributed by atoms with Crippen LogP contribution in [0.5, 0.6) is 0 Å². The highest BCUT2D eigenvalue weighted by molar-refractivity contribution is 5.76. The van der Waals surface area contributed by atoms with Gasteiger partial charge < -0.3 is 10.2 Å². The number of carbonyl (C=O) groups excluding carboxylic acids is 2. The topological polar surface area (TPSA) is 74.6 Å². The van der Waals surface area contributed by atoms with E-state index >= 15 is 0 Å². The Morgan fingerprint density at radius 3 is 1.57 bits per heavy atom. The molecule has 0 aliphatic heterocycles. The minimum atomic E-state index is -0.0446. The zero-order valence-electron chi connectivity index (χ0n) is 17.7. The maximum Gasteiger partial charge on any atom is 0.150 e. The van der Waals surface area contributed by atoms with Gasteiger partial charge in [0.1, 0.15) is 12.6 Å². The molecule has 0 spiro atoms. The Morgan fingerprint density at radius 1 is 0.679 bits per heavy atom. The van der Waals surface area contributed by atoms with Gasteiger partial charge in [-0.15, -0.1) is 0 Å². The highest BCUT2D eigenvalue weighted by atomic mass is 16.3. The SMILES string of the molecule is CC(C)(C)c1cc(C=O)ccc1CO.CC(C)(C)c1ccc(C=O)cc1CO. The molecule has 0 fully saturated rings. The van der Waals surface area contributed by atoms with Crippen LogP contribution in [0.3, 0.4) is 0 Å². The molecule has 152 valence electrons. The molecule has 2 aromatic rings. The maximum absolute atomic E-state index is 10.6. The van der Waals surface area contributed by atoms with E-state index in [0.717, 1.165) is 34.8 Å². The first-order chi connectivity index (χ1) is 13.0. The van der Waals surface area contributed by atoms with E-state index in [9.17, 15) is 14.7 Å². The summed E-state index contributed by atoms with van der Waals surface area (Å²) in [6, 6.07) is 10.8. The monoisotopic (exact) mass is 384 g/mol. The summed E-state index contributed by atoms with van der Waals surface area (Å²) in [6.07, 6.45) is 1.63. The molecule has 0 radical (unpaired) electrons. The Morgan fingerprint density at radius 2 is 1.14 bits per heavy atom. The first-order valence-electron chi connectivity index (χ1n) is 9.36. The number of benzene rings is 2. The number of aliphatic hydroxyl groups excluding tert-OH is 2. The van der Waals surface area contributed by atoms with Crippen molar-refractivity contribution < 1.29 is 19.8 Å². The Kier molecular flexibility index (Phi) is 8.28. The van der Waals surface area contributed by atoms with Crippen LogP contribution in [0.15, 0.2) is 36.4 Å². The molecule has 4 nitrogen and oxygen atoms in total. The molecule has 0 atom stereocenters. The van der Waals surface area contributed by atoms with Gasteiger partial charge in [-0.25, -0.2) is 0 Å². The van der Waals surface area contributed by atoms with E-state index in [4.69, 9.17) is 5.11 Å². The summed E-state index contributed by atoms with van der Waals surface area (Å²) in [6.45, 7) is 12.5. The van der Waals surface area contributed by atoms with Gasteiger partial charge in [0.15, 0.2) is 0 Å². The second-order valence-electron chi connectivity index (χ2n) is 8.89. The number of hydrogen-bond donors (Lipinski definition) is 2. The normalized spacial score (nSPS) is 11.4. The number of aldehydes is 2. The van der Waals surface area contributed by atoms with Crippen molar-refractivity contribution in [3.05, 3.63) is 69.8 Å². The van der Waals surface area contributed by atoms with Crippen molar-refractivity contribution in [2.75, 3.05) is 0 Å². The summed E-state index contributed by atoms with van der Waals surface area (Å²) in [4.78, 5) is 21.2. The fraction of sp³-hybridized carbons (Fsp3) is 0.417. The van der Waals surface area contributed by atoms with Crippen LogP contribution in [-0.2, 0) is 24.0 Å². The summed E-state index contributed by atoms with van der Waals surface area (Å²) in [5, 5.41) is 18.3. The zero-order valence-corrected chi connectivity index (χ0v) is 17.7. The Balaban J connectivity index is 0.000000280. The predicted octanol–water partition coefficient (Wildman–Crippen LogP) is 4.58. The van der Waals surface area contributed by atoms with Gasteiger partial charge in [-0.1, -0.05) is 65.8 Å². The fourth-order valence-electron chi connectivity index (χ4n) is 3.05. The van der Waals surface area contributed by atoms with Crippen molar-refractivity contribution in [1.82, 2.24) is 0 Å². The van der Waals surface area contributed by atoms with Gasteiger partial charge in [-0.2, -0.15) is 0 Å². The summed E-state index contributed by atoms with van der Waals surface area (Å²) in [5.74, 6) is 0. The second kappa shape index (κ2) is 9.76. The average Bonchev–Trinajstić information content (AvgIpc) is 2.65. The first kappa shape index (κ1) is 23.7. The molecule has 0 aliphatic rings. The van der Waals surface area contributed by atoms with E-state index in [-0.39, 0.29) is 24.0 Å². The van der Waals surface area contributed by atoms with Crippen LogP contribution in [0.2, 0.25) is 0 Å². The third kappa shape index (κ3) is 6.39. The van der Waals surface area contributed by atoms with Crippen LogP contribution < -0.4 is 0 Å². The largest absolute Gasteiger partial charge is 0.392 e. The van der Waals surface area contributed by atoms with Gasteiger partial charge in [0.25, 0.3) is 0 Å². The van der Waals surface area contributed by atoms with Crippen molar-refractivity contribution in [2.45, 2.75) is 65.6 Å². The van der Waals surface area contributed by atoms with Crippen molar-refractivity contribution in [3.63, 3.8) is 0 Å². The molecule has 0 bridgehead atoms. The number of rotatable bonds is 4. The minimum Gasteiger partial charge on any atom is -0.392 e. The molecule has 2 rings (SSSR count). The average molecular weight is 385 g/mol. The lowest BCUT2D eigenvalue weighted by atomic mass is 9.83. The fourth-order valence-corrected chi connectivity index (χ4v) is 3.05. The molecular weight excluding hydrogens is 352 g/mol. The molecule has 0 saturated heterocycles. The zero-order chi connectivity index (χ0) is 21.5. The summed E-state index contributed by atoms with van der Waals surface area (Å²) >= 11 is 0. The van der Waals surface area contributed by atoms with Crippen molar-refractivity contribution in [3.8, 4) is 0 Å². The third-order valence-corrected chi connectivity index (χ3v) is 4.49. The van der Waals surface area contributed by atoms with Crippen molar-refractivity contribution in [1.29, 1.82) is 0 Å². The molecule has 0 amide bonds. The summed E-state index contributed by atoms with van der Waals surface area (Å²) < 4.78 is 0. The molecule has 4 heteroatoms. The van der Waals surface area contributed by atoms with Gasteiger partial charge in [-0.3, -0.25) is 9.59 Å². The second-order valence-corrected chi connectivity index (χ2v) is 8.89. The van der Waals surface area contributed by atoms with E-state index in [2.05, 4.69) is 41.5 Å². The van der Waals surface area contributed by atoms with Gasteiger partial charge >= 0.3 is 0 Å². The van der Waals surface area contributed by atoms with Crippen molar-refractivity contribution in [2.24, 2.45) is 0 Å². The molecule has 0 saturated carbocycles. The van der Waals surface area contributed by atoms with E-state index in [1.165, 1.54) is 0 Å². The van der Waals surface area contributed by atoms with Crippen LogP contribution >= 0.6 is 0 Å². The molecule has 0 aliphatic carbocycles. The van der Waals surface area contributed by atoms with Crippen LogP contribution in [0, 0.1) is 0 Å². The predicted molar refractivity (Wildman–Crippen MR) is 113 cm³/mol. The molecule has 0 heterocycles. The third-order valence-electron chi connectivity index (χ3n) is 4.49. The molecule has 0 unspecified atom stereocenters. The lowest BCUT2D eigenvalue weighted by molar-refractivity contribution is 0.111. The number of carbonyl (C=O) groups is 2. The van der Waals surface area contributed by atoms with E-state index < -0.39 is 0 Å². The molecular formula is C24H32O4. The minimum absolute atomic E-state index is 0.000518. The lowest BCUT2D eigenvalue weighted by Crippen LogP contribution is -2.14. The number of aliphatic hydroxyl groups is 2. The molecule has 28 heavy (non-hydrogen) atoms. The molecule has 2 aromatic carbocycles. The van der Waals surface area contributed by atoms with Gasteiger partial charge in [0, 0.05) is 11.1 Å². The van der Waals surface area contributed by atoms with Crippen LogP contribution in [0.4, 0.5) is 0 Å². The lowest BCUT2D eigenvalue weighted by Gasteiger charge is -2.22. The van der Waals surface area contributed by atoms with E-state index in [1.54, 1.807) is 18.2 Å². The maximum atomic E-state index is 10.6. The molecule has 0 aromatic heterocycles. The summed E-state index contributed by atoms with van der Waals surface area (Å²) in [5.41, 5.74) is 5.07. The first-order valence-corrected chi connectivity index (χ1v) is 9.36.